The maximum absolute atomic E-state index is 6.18. The third-order valence-corrected chi connectivity index (χ3v) is 5.83. The lowest BCUT2D eigenvalue weighted by Crippen LogP contribution is -2.11. The van der Waals surface area contributed by atoms with Crippen LogP contribution in [0.1, 0.15) is 5.89 Å². The van der Waals surface area contributed by atoms with E-state index in [0.29, 0.717) is 39.9 Å². The van der Waals surface area contributed by atoms with Gasteiger partial charge in [0.2, 0.25) is 16.9 Å². The molecule has 2 aromatic carbocycles. The van der Waals surface area contributed by atoms with Gasteiger partial charge in [-0.1, -0.05) is 45.0 Å². The van der Waals surface area contributed by atoms with E-state index in [-0.39, 0.29) is 0 Å². The van der Waals surface area contributed by atoms with Crippen LogP contribution in [0.3, 0.4) is 0 Å². The number of nitrogens with two attached hydrogens (primary N) is 1. The summed E-state index contributed by atoms with van der Waals surface area (Å²) in [4.78, 5) is 4.43. The van der Waals surface area contributed by atoms with Crippen molar-refractivity contribution in [2.24, 2.45) is 0 Å². The van der Waals surface area contributed by atoms with Gasteiger partial charge in [-0.15, -0.1) is 10.2 Å². The minimum atomic E-state index is 0.394. The van der Waals surface area contributed by atoms with Gasteiger partial charge < -0.3 is 19.8 Å². The minimum Gasteiger partial charge on any atom is -0.493 e. The normalized spacial score (nSPS) is 10.9. The van der Waals surface area contributed by atoms with Crippen LogP contribution in [0.2, 0.25) is 0 Å². The summed E-state index contributed by atoms with van der Waals surface area (Å²) >= 11 is 4.85. The van der Waals surface area contributed by atoms with Gasteiger partial charge in [0.1, 0.15) is 0 Å². The Bertz CT molecular complexity index is 1180. The van der Waals surface area contributed by atoms with Gasteiger partial charge in [0.15, 0.2) is 17.3 Å². The van der Waals surface area contributed by atoms with Crippen molar-refractivity contribution in [1.29, 1.82) is 0 Å². The number of hydrogen-bond acceptors (Lipinski definition) is 9. The second kappa shape index (κ2) is 8.76. The van der Waals surface area contributed by atoms with Gasteiger partial charge in [-0.3, -0.25) is 0 Å². The van der Waals surface area contributed by atoms with Crippen molar-refractivity contribution in [3.8, 4) is 34.3 Å². The Morgan fingerprint density at radius 2 is 1.90 bits per heavy atom. The topological polar surface area (TPSA) is 114 Å². The predicted molar refractivity (Wildman–Crippen MR) is 116 cm³/mol. The Labute approximate surface area is 184 Å². The predicted octanol–water partition coefficient (Wildman–Crippen LogP) is 3.78. The molecule has 2 heterocycles. The maximum Gasteiger partial charge on any atom is 0.237 e. The van der Waals surface area contributed by atoms with Gasteiger partial charge in [0.05, 0.1) is 20.0 Å². The third-order valence-electron chi connectivity index (χ3n) is 4.21. The summed E-state index contributed by atoms with van der Waals surface area (Å²) in [5.41, 5.74) is 1.61. The zero-order valence-corrected chi connectivity index (χ0v) is 18.5. The Balaban J connectivity index is 1.49. The first-order valence-corrected chi connectivity index (χ1v) is 10.5. The van der Waals surface area contributed by atoms with Gasteiger partial charge in [0.25, 0.3) is 0 Å². The fraction of sp³-hybridized carbons (Fsp3) is 0.158. The lowest BCUT2D eigenvalue weighted by Gasteiger charge is -2.07. The number of hydrogen-bond donors (Lipinski definition) is 1. The van der Waals surface area contributed by atoms with Gasteiger partial charge in [-0.2, -0.15) is 4.98 Å². The van der Waals surface area contributed by atoms with Crippen LogP contribution in [-0.2, 0) is 5.75 Å². The van der Waals surface area contributed by atoms with Crippen molar-refractivity contribution in [3.05, 3.63) is 52.8 Å². The number of rotatable bonds is 7. The number of halogens is 1. The molecular formula is C19H17BrN6O3S. The number of thioether (sulfide) groups is 1. The minimum absolute atomic E-state index is 0.394. The Kier molecular flexibility index (Phi) is 5.91. The van der Waals surface area contributed by atoms with E-state index in [1.54, 1.807) is 26.4 Å². The van der Waals surface area contributed by atoms with Crippen LogP contribution in [-0.4, -0.2) is 39.2 Å². The molecule has 30 heavy (non-hydrogen) atoms. The molecule has 0 saturated carbocycles. The Morgan fingerprint density at radius 3 is 2.67 bits per heavy atom. The van der Waals surface area contributed by atoms with Crippen molar-refractivity contribution < 1.29 is 14.0 Å². The highest BCUT2D eigenvalue weighted by Gasteiger charge is 2.17. The molecule has 0 aliphatic carbocycles. The molecule has 4 aromatic rings. The fourth-order valence-corrected chi connectivity index (χ4v) is 3.89. The average Bonchev–Trinajstić information content (AvgIpc) is 3.39. The summed E-state index contributed by atoms with van der Waals surface area (Å²) in [7, 11) is 3.16. The molecule has 0 aliphatic heterocycles. The second-order valence-electron chi connectivity index (χ2n) is 6.03. The number of nitrogens with zero attached hydrogens (tertiary/aromatic N) is 5. The van der Waals surface area contributed by atoms with E-state index in [1.165, 1.54) is 16.4 Å². The largest absolute Gasteiger partial charge is 0.493 e. The van der Waals surface area contributed by atoms with Crippen LogP contribution in [0.25, 0.3) is 22.8 Å². The third kappa shape index (κ3) is 3.98. The number of benzene rings is 2. The smallest absolute Gasteiger partial charge is 0.237 e. The molecule has 154 valence electrons. The number of methoxy groups -OCH3 is 2. The van der Waals surface area contributed by atoms with Crippen LogP contribution in [0.15, 0.2) is 56.6 Å². The van der Waals surface area contributed by atoms with E-state index in [0.717, 1.165) is 15.6 Å². The van der Waals surface area contributed by atoms with Crippen molar-refractivity contribution >= 4 is 27.7 Å². The molecule has 0 saturated heterocycles. The average molecular weight is 489 g/mol. The highest BCUT2D eigenvalue weighted by atomic mass is 79.9. The Morgan fingerprint density at radius 1 is 1.10 bits per heavy atom. The molecule has 0 fully saturated rings. The van der Waals surface area contributed by atoms with E-state index in [4.69, 9.17) is 19.8 Å². The van der Waals surface area contributed by atoms with Crippen LogP contribution < -0.4 is 15.3 Å². The second-order valence-corrected chi connectivity index (χ2v) is 7.82. The molecule has 0 bridgehead atoms. The maximum atomic E-state index is 6.18. The standard InChI is InChI=1S/C19H17BrN6O3S/c1-27-14-8-7-11(9-15(14)28-2)17-22-16(29-25-17)10-30-19-24-23-18(26(19)21)12-5-3-4-6-13(12)20/h3-9H,10,21H2,1-2H3. The molecule has 0 amide bonds. The van der Waals surface area contributed by atoms with E-state index in [9.17, 15) is 0 Å². The number of ether oxygens (including phenoxy) is 2. The van der Waals surface area contributed by atoms with Crippen LogP contribution in [0.4, 0.5) is 0 Å². The van der Waals surface area contributed by atoms with Gasteiger partial charge >= 0.3 is 0 Å². The monoisotopic (exact) mass is 488 g/mol. The van der Waals surface area contributed by atoms with Crippen LogP contribution in [0.5, 0.6) is 11.5 Å². The summed E-state index contributed by atoms with van der Waals surface area (Å²) < 4.78 is 18.3. The van der Waals surface area contributed by atoms with Gasteiger partial charge in [-0.25, -0.2) is 4.68 Å². The Hall–Kier alpha value is -3.05. The molecule has 0 aliphatic rings. The van der Waals surface area contributed by atoms with Crippen molar-refractivity contribution in [2.45, 2.75) is 10.9 Å². The summed E-state index contributed by atoms with van der Waals surface area (Å²) in [6.45, 7) is 0. The van der Waals surface area contributed by atoms with Crippen LogP contribution in [0, 0.1) is 0 Å². The lowest BCUT2D eigenvalue weighted by atomic mass is 10.2. The summed E-state index contributed by atoms with van der Waals surface area (Å²) in [6, 6.07) is 13.1. The molecule has 11 heteroatoms. The number of aromatic nitrogens is 5. The molecule has 2 aromatic heterocycles. The zero-order chi connectivity index (χ0) is 21.1. The molecule has 0 atom stereocenters. The summed E-state index contributed by atoms with van der Waals surface area (Å²) in [5.74, 6) is 9.24. The number of nitrogen functional groups attached to an aromatic ring is 1. The highest BCUT2D eigenvalue weighted by Crippen LogP contribution is 2.32. The zero-order valence-electron chi connectivity index (χ0n) is 16.1. The SMILES string of the molecule is COc1ccc(-c2noc(CSc3nnc(-c4ccccc4Br)n3N)n2)cc1OC. The first-order valence-electron chi connectivity index (χ1n) is 8.74. The molecule has 4 rings (SSSR count). The van der Waals surface area contributed by atoms with Crippen LogP contribution >= 0.6 is 27.7 Å². The summed E-state index contributed by atoms with van der Waals surface area (Å²) in [5, 5.41) is 12.9. The lowest BCUT2D eigenvalue weighted by molar-refractivity contribution is 0.355. The van der Waals surface area contributed by atoms with Crippen molar-refractivity contribution in [2.75, 3.05) is 20.1 Å². The van der Waals surface area contributed by atoms with Gasteiger partial charge in [0, 0.05) is 15.6 Å². The van der Waals surface area contributed by atoms with E-state index >= 15 is 0 Å². The van der Waals surface area contributed by atoms with Crippen molar-refractivity contribution in [3.63, 3.8) is 0 Å². The molecule has 0 spiro atoms. The van der Waals surface area contributed by atoms with E-state index < -0.39 is 0 Å². The summed E-state index contributed by atoms with van der Waals surface area (Å²) in [6.07, 6.45) is 0. The van der Waals surface area contributed by atoms with E-state index in [1.807, 2.05) is 30.3 Å². The highest BCUT2D eigenvalue weighted by molar-refractivity contribution is 9.10. The first-order chi connectivity index (χ1) is 14.6. The molecule has 0 radical (unpaired) electrons. The van der Waals surface area contributed by atoms with Gasteiger partial charge in [-0.05, 0) is 30.3 Å². The molecular weight excluding hydrogens is 472 g/mol. The molecule has 2 N–H and O–H groups in total. The van der Waals surface area contributed by atoms with Crippen molar-refractivity contribution in [1.82, 2.24) is 25.0 Å². The molecule has 0 unspecified atom stereocenters. The quantitative estimate of drug-likeness (QED) is 0.306. The first kappa shape index (κ1) is 20.2. The fourth-order valence-electron chi connectivity index (χ4n) is 2.73. The van der Waals surface area contributed by atoms with E-state index in [2.05, 4.69) is 36.3 Å². The molecule has 9 nitrogen and oxygen atoms in total.